The summed E-state index contributed by atoms with van der Waals surface area (Å²) in [6.07, 6.45) is 2.14. The molecule has 1 aliphatic rings. The van der Waals surface area contributed by atoms with Gasteiger partial charge in [0.15, 0.2) is 0 Å². The van der Waals surface area contributed by atoms with E-state index in [1.54, 1.807) is 7.11 Å². The summed E-state index contributed by atoms with van der Waals surface area (Å²) in [7, 11) is 1.65. The molecule has 2 atom stereocenters. The van der Waals surface area contributed by atoms with Crippen molar-refractivity contribution in [3.8, 4) is 5.75 Å². The van der Waals surface area contributed by atoms with Crippen LogP contribution >= 0.6 is 11.6 Å². The molecule has 1 aromatic carbocycles. The normalized spacial score (nSPS) is 24.8. The quantitative estimate of drug-likeness (QED) is 0.797. The van der Waals surface area contributed by atoms with Crippen LogP contribution in [0.1, 0.15) is 42.9 Å². The molecule has 0 heterocycles. The van der Waals surface area contributed by atoms with E-state index in [4.69, 9.17) is 22.1 Å². The minimum atomic E-state index is 0.101. The van der Waals surface area contributed by atoms with Gasteiger partial charge in [0, 0.05) is 11.1 Å². The first-order valence-electron chi connectivity index (χ1n) is 5.26. The molecule has 2 unspecified atom stereocenters. The van der Waals surface area contributed by atoms with E-state index >= 15 is 0 Å². The van der Waals surface area contributed by atoms with Crippen molar-refractivity contribution in [2.24, 2.45) is 5.73 Å². The summed E-state index contributed by atoms with van der Waals surface area (Å²) in [5.41, 5.74) is 8.44. The van der Waals surface area contributed by atoms with Crippen LogP contribution in [0.4, 0.5) is 0 Å². The topological polar surface area (TPSA) is 35.2 Å². The van der Waals surface area contributed by atoms with Crippen LogP contribution in [0.2, 0.25) is 5.02 Å². The first-order chi connectivity index (χ1) is 7.13. The molecule has 0 bridgehead atoms. The average Bonchev–Trinajstić information content (AvgIpc) is 2.23. The summed E-state index contributed by atoms with van der Waals surface area (Å²) in [5.74, 6) is 1.29. The molecule has 0 saturated carbocycles. The molecule has 2 nitrogen and oxygen atoms in total. The zero-order chi connectivity index (χ0) is 11.0. The van der Waals surface area contributed by atoms with E-state index in [0.717, 1.165) is 29.2 Å². The van der Waals surface area contributed by atoms with Crippen molar-refractivity contribution < 1.29 is 4.74 Å². The molecule has 0 aromatic heterocycles. The minimum Gasteiger partial charge on any atom is -0.497 e. The highest BCUT2D eigenvalue weighted by Crippen LogP contribution is 2.42. The highest BCUT2D eigenvalue weighted by atomic mass is 35.5. The molecule has 0 spiro atoms. The second-order valence-electron chi connectivity index (χ2n) is 4.20. The Morgan fingerprint density at radius 2 is 2.13 bits per heavy atom. The van der Waals surface area contributed by atoms with E-state index in [1.807, 2.05) is 12.1 Å². The molecule has 0 radical (unpaired) electrons. The van der Waals surface area contributed by atoms with Crippen LogP contribution in [0.15, 0.2) is 12.1 Å². The van der Waals surface area contributed by atoms with Crippen molar-refractivity contribution in [2.45, 2.75) is 31.7 Å². The Balaban J connectivity index is 2.56. The molecule has 0 amide bonds. The van der Waals surface area contributed by atoms with Crippen LogP contribution in [0.5, 0.6) is 5.75 Å². The Bertz CT molecular complexity index is 378. The lowest BCUT2D eigenvalue weighted by molar-refractivity contribution is 0.411. The van der Waals surface area contributed by atoms with Crippen molar-refractivity contribution in [3.05, 3.63) is 28.3 Å². The molecule has 2 rings (SSSR count). The van der Waals surface area contributed by atoms with E-state index < -0.39 is 0 Å². The van der Waals surface area contributed by atoms with Crippen molar-refractivity contribution >= 4 is 11.6 Å². The summed E-state index contributed by atoms with van der Waals surface area (Å²) in [6, 6.07) is 3.99. The van der Waals surface area contributed by atoms with E-state index in [9.17, 15) is 0 Å². The van der Waals surface area contributed by atoms with E-state index in [-0.39, 0.29) is 6.04 Å². The van der Waals surface area contributed by atoms with Crippen LogP contribution in [0, 0.1) is 0 Å². The number of hydrogen-bond donors (Lipinski definition) is 1. The molecule has 82 valence electrons. The molecule has 0 saturated heterocycles. The third-order valence-corrected chi connectivity index (χ3v) is 3.49. The molecule has 2 N–H and O–H groups in total. The number of nitrogens with two attached hydrogens (primary N) is 1. The SMILES string of the molecule is COc1cc(Cl)c2c(c1)C(N)CCC2C. The summed E-state index contributed by atoms with van der Waals surface area (Å²) >= 11 is 6.25. The first-order valence-corrected chi connectivity index (χ1v) is 5.64. The van der Waals surface area contributed by atoms with Gasteiger partial charge in [-0.05, 0) is 42.0 Å². The van der Waals surface area contributed by atoms with Crippen molar-refractivity contribution in [3.63, 3.8) is 0 Å². The van der Waals surface area contributed by atoms with Crippen molar-refractivity contribution in [1.29, 1.82) is 0 Å². The smallest absolute Gasteiger partial charge is 0.120 e. The zero-order valence-electron chi connectivity index (χ0n) is 9.09. The maximum Gasteiger partial charge on any atom is 0.120 e. The number of fused-ring (bicyclic) bond motifs is 1. The number of halogens is 1. The number of hydrogen-bond acceptors (Lipinski definition) is 2. The van der Waals surface area contributed by atoms with Crippen LogP contribution in [-0.4, -0.2) is 7.11 Å². The van der Waals surface area contributed by atoms with Crippen molar-refractivity contribution in [2.75, 3.05) is 7.11 Å². The molecular formula is C12H16ClNO. The van der Waals surface area contributed by atoms with Crippen LogP contribution in [0.25, 0.3) is 0 Å². The van der Waals surface area contributed by atoms with Gasteiger partial charge in [-0.2, -0.15) is 0 Å². The van der Waals surface area contributed by atoms with Gasteiger partial charge in [-0.25, -0.2) is 0 Å². The van der Waals surface area contributed by atoms with Gasteiger partial charge in [-0.1, -0.05) is 18.5 Å². The standard InChI is InChI=1S/C12H16ClNO/c1-7-3-4-11(14)9-5-8(15-2)6-10(13)12(7)9/h5-7,11H,3-4,14H2,1-2H3. The molecule has 1 aliphatic carbocycles. The average molecular weight is 226 g/mol. The lowest BCUT2D eigenvalue weighted by Crippen LogP contribution is -2.19. The highest BCUT2D eigenvalue weighted by molar-refractivity contribution is 6.31. The Morgan fingerprint density at radius 1 is 1.40 bits per heavy atom. The largest absolute Gasteiger partial charge is 0.497 e. The highest BCUT2D eigenvalue weighted by Gasteiger charge is 2.25. The van der Waals surface area contributed by atoms with E-state index in [1.165, 1.54) is 5.56 Å². The van der Waals surface area contributed by atoms with E-state index in [2.05, 4.69) is 6.92 Å². The fourth-order valence-electron chi connectivity index (χ4n) is 2.29. The maximum atomic E-state index is 6.25. The molecule has 3 heteroatoms. The Kier molecular flexibility index (Phi) is 2.89. The van der Waals surface area contributed by atoms with Crippen molar-refractivity contribution in [1.82, 2.24) is 0 Å². The van der Waals surface area contributed by atoms with Crippen LogP contribution in [0.3, 0.4) is 0 Å². The summed E-state index contributed by atoms with van der Waals surface area (Å²) in [4.78, 5) is 0. The lowest BCUT2D eigenvalue weighted by Gasteiger charge is -2.28. The zero-order valence-corrected chi connectivity index (χ0v) is 9.84. The fraction of sp³-hybridized carbons (Fsp3) is 0.500. The molecule has 15 heavy (non-hydrogen) atoms. The minimum absolute atomic E-state index is 0.101. The van der Waals surface area contributed by atoms with Gasteiger partial charge in [0.25, 0.3) is 0 Å². The van der Waals surface area contributed by atoms with Gasteiger partial charge in [0.05, 0.1) is 7.11 Å². The summed E-state index contributed by atoms with van der Waals surface area (Å²) in [5, 5.41) is 0.784. The van der Waals surface area contributed by atoms with Gasteiger partial charge in [0.1, 0.15) is 5.75 Å². The monoisotopic (exact) mass is 225 g/mol. The maximum absolute atomic E-state index is 6.25. The Morgan fingerprint density at radius 3 is 2.80 bits per heavy atom. The summed E-state index contributed by atoms with van der Waals surface area (Å²) in [6.45, 7) is 2.20. The first kappa shape index (κ1) is 10.8. The van der Waals surface area contributed by atoms with E-state index in [0.29, 0.717) is 5.92 Å². The number of methoxy groups -OCH3 is 1. The Hall–Kier alpha value is -0.730. The molecule has 1 aromatic rings. The molecule has 0 aliphatic heterocycles. The Labute approximate surface area is 95.4 Å². The lowest BCUT2D eigenvalue weighted by atomic mass is 9.81. The van der Waals surface area contributed by atoms with Crippen LogP contribution < -0.4 is 10.5 Å². The predicted molar refractivity (Wildman–Crippen MR) is 62.6 cm³/mol. The number of rotatable bonds is 1. The number of benzene rings is 1. The van der Waals surface area contributed by atoms with Gasteiger partial charge in [-0.3, -0.25) is 0 Å². The van der Waals surface area contributed by atoms with Gasteiger partial charge in [0.2, 0.25) is 0 Å². The van der Waals surface area contributed by atoms with Gasteiger partial charge >= 0.3 is 0 Å². The molecular weight excluding hydrogens is 210 g/mol. The van der Waals surface area contributed by atoms with Gasteiger partial charge in [-0.15, -0.1) is 0 Å². The van der Waals surface area contributed by atoms with Gasteiger partial charge < -0.3 is 10.5 Å². The fourth-order valence-corrected chi connectivity index (χ4v) is 2.69. The molecule has 0 fully saturated rings. The van der Waals surface area contributed by atoms with Crippen LogP contribution in [-0.2, 0) is 0 Å². The number of ether oxygens (including phenoxy) is 1. The second kappa shape index (κ2) is 4.03. The third-order valence-electron chi connectivity index (χ3n) is 3.17. The second-order valence-corrected chi connectivity index (χ2v) is 4.60. The predicted octanol–water partition coefficient (Wildman–Crippen LogP) is 3.25. The summed E-state index contributed by atoms with van der Waals surface area (Å²) < 4.78 is 5.20. The third kappa shape index (κ3) is 1.84.